The van der Waals surface area contributed by atoms with Gasteiger partial charge < -0.3 is 14.8 Å². The molecule has 0 unspecified atom stereocenters. The molecule has 1 amide bonds. The predicted octanol–water partition coefficient (Wildman–Crippen LogP) is 4.54. The predicted molar refractivity (Wildman–Crippen MR) is 105 cm³/mol. The van der Waals surface area contributed by atoms with E-state index in [1.54, 1.807) is 19.1 Å². The molecular formula is C20H23NO4S. The fourth-order valence-corrected chi connectivity index (χ4v) is 3.22. The Hall–Kier alpha value is -2.60. The normalized spacial score (nSPS) is 10.7. The summed E-state index contributed by atoms with van der Waals surface area (Å²) in [5.74, 6) is 0.0713. The number of anilines is 1. The fourth-order valence-electron chi connectivity index (χ4n) is 2.24. The van der Waals surface area contributed by atoms with Gasteiger partial charge in [0, 0.05) is 11.0 Å². The second-order valence-electron chi connectivity index (χ2n) is 5.35. The lowest BCUT2D eigenvalue weighted by Gasteiger charge is -2.04. The fraction of sp³-hybridized carbons (Fsp3) is 0.300. The lowest BCUT2D eigenvalue weighted by molar-refractivity contribution is -0.111. The molecular weight excluding hydrogens is 350 g/mol. The van der Waals surface area contributed by atoms with E-state index < -0.39 is 5.97 Å². The van der Waals surface area contributed by atoms with E-state index in [1.165, 1.54) is 17.4 Å². The molecule has 0 radical (unpaired) electrons. The Morgan fingerprint density at radius 1 is 1.12 bits per heavy atom. The Morgan fingerprint density at radius 3 is 2.46 bits per heavy atom. The first-order valence-electron chi connectivity index (χ1n) is 8.59. The van der Waals surface area contributed by atoms with Gasteiger partial charge in [0.25, 0.3) is 0 Å². The summed E-state index contributed by atoms with van der Waals surface area (Å²) in [6.07, 6.45) is 3.94. The highest BCUT2D eigenvalue weighted by Crippen LogP contribution is 2.29. The van der Waals surface area contributed by atoms with E-state index in [4.69, 9.17) is 9.47 Å². The van der Waals surface area contributed by atoms with Gasteiger partial charge >= 0.3 is 5.97 Å². The number of amides is 1. The first kappa shape index (κ1) is 19.7. The Morgan fingerprint density at radius 2 is 1.85 bits per heavy atom. The van der Waals surface area contributed by atoms with E-state index in [1.807, 2.05) is 38.1 Å². The summed E-state index contributed by atoms with van der Waals surface area (Å²) in [6, 6.07) is 9.23. The molecule has 138 valence electrons. The van der Waals surface area contributed by atoms with Gasteiger partial charge in [-0.1, -0.05) is 19.1 Å². The van der Waals surface area contributed by atoms with E-state index >= 15 is 0 Å². The monoisotopic (exact) mass is 373 g/mol. The maximum Gasteiger partial charge on any atom is 0.341 e. The second-order valence-corrected chi connectivity index (χ2v) is 6.49. The first-order valence-corrected chi connectivity index (χ1v) is 9.40. The SMILES string of the molecule is CCOC(=O)c1cc(CC)sc1NC(=O)/C=C/c1ccc(OCC)cc1. The highest BCUT2D eigenvalue weighted by atomic mass is 32.1. The summed E-state index contributed by atoms with van der Waals surface area (Å²) in [4.78, 5) is 25.3. The molecule has 5 nitrogen and oxygen atoms in total. The molecule has 0 spiro atoms. The van der Waals surface area contributed by atoms with Crippen molar-refractivity contribution in [3.63, 3.8) is 0 Å². The van der Waals surface area contributed by atoms with Crippen molar-refractivity contribution >= 4 is 34.3 Å². The van der Waals surface area contributed by atoms with Crippen molar-refractivity contribution in [2.45, 2.75) is 27.2 Å². The van der Waals surface area contributed by atoms with Gasteiger partial charge in [-0.25, -0.2) is 4.79 Å². The molecule has 1 aromatic heterocycles. The zero-order valence-corrected chi connectivity index (χ0v) is 16.0. The summed E-state index contributed by atoms with van der Waals surface area (Å²) in [6.45, 7) is 6.58. The number of rotatable bonds is 8. The summed E-state index contributed by atoms with van der Waals surface area (Å²) in [5, 5.41) is 3.29. The van der Waals surface area contributed by atoms with Crippen LogP contribution in [0.2, 0.25) is 0 Å². The largest absolute Gasteiger partial charge is 0.494 e. The van der Waals surface area contributed by atoms with Crippen molar-refractivity contribution in [2.75, 3.05) is 18.5 Å². The quantitative estimate of drug-likeness (QED) is 0.545. The van der Waals surface area contributed by atoms with Gasteiger partial charge in [0.1, 0.15) is 10.8 Å². The number of esters is 1. The summed E-state index contributed by atoms with van der Waals surface area (Å²) in [5.41, 5.74) is 1.28. The molecule has 0 atom stereocenters. The zero-order chi connectivity index (χ0) is 18.9. The molecule has 0 saturated heterocycles. The highest BCUT2D eigenvalue weighted by molar-refractivity contribution is 7.16. The molecule has 2 rings (SSSR count). The molecule has 0 bridgehead atoms. The third kappa shape index (κ3) is 5.46. The van der Waals surface area contributed by atoms with E-state index in [9.17, 15) is 9.59 Å². The Balaban J connectivity index is 2.07. The molecule has 1 aromatic carbocycles. The maximum absolute atomic E-state index is 12.2. The maximum atomic E-state index is 12.2. The van der Waals surface area contributed by atoms with Gasteiger partial charge in [-0.2, -0.15) is 0 Å². The van der Waals surface area contributed by atoms with Gasteiger partial charge in [-0.15, -0.1) is 11.3 Å². The van der Waals surface area contributed by atoms with Crippen LogP contribution in [-0.4, -0.2) is 25.1 Å². The number of nitrogens with one attached hydrogen (secondary N) is 1. The van der Waals surface area contributed by atoms with Gasteiger partial charge in [0.05, 0.1) is 18.8 Å². The van der Waals surface area contributed by atoms with Crippen molar-refractivity contribution < 1.29 is 19.1 Å². The van der Waals surface area contributed by atoms with Crippen molar-refractivity contribution in [1.29, 1.82) is 0 Å². The number of carbonyl (C=O) groups is 2. The molecule has 1 heterocycles. The first-order chi connectivity index (χ1) is 12.6. The average molecular weight is 373 g/mol. The molecule has 2 aromatic rings. The summed E-state index contributed by atoms with van der Waals surface area (Å²) < 4.78 is 10.4. The molecule has 0 fully saturated rings. The van der Waals surface area contributed by atoms with Crippen LogP contribution in [0.25, 0.3) is 6.08 Å². The van der Waals surface area contributed by atoms with Gasteiger partial charge in [-0.3, -0.25) is 4.79 Å². The highest BCUT2D eigenvalue weighted by Gasteiger charge is 2.17. The Bertz CT molecular complexity index is 778. The van der Waals surface area contributed by atoms with E-state index in [0.29, 0.717) is 23.8 Å². The third-order valence-electron chi connectivity index (χ3n) is 3.48. The van der Waals surface area contributed by atoms with Crippen molar-refractivity contribution in [1.82, 2.24) is 0 Å². The van der Waals surface area contributed by atoms with Crippen molar-refractivity contribution in [3.8, 4) is 5.75 Å². The molecule has 1 N–H and O–H groups in total. The van der Waals surface area contributed by atoms with Crippen LogP contribution < -0.4 is 10.1 Å². The van der Waals surface area contributed by atoms with Crippen molar-refractivity contribution in [2.24, 2.45) is 0 Å². The summed E-state index contributed by atoms with van der Waals surface area (Å²) >= 11 is 1.39. The van der Waals surface area contributed by atoms with E-state index in [-0.39, 0.29) is 5.91 Å². The van der Waals surface area contributed by atoms with Crippen LogP contribution in [0.15, 0.2) is 36.4 Å². The molecule has 0 aliphatic heterocycles. The lowest BCUT2D eigenvalue weighted by Crippen LogP contribution is -2.11. The van der Waals surface area contributed by atoms with E-state index in [2.05, 4.69) is 5.32 Å². The summed E-state index contributed by atoms with van der Waals surface area (Å²) in [7, 11) is 0. The van der Waals surface area contributed by atoms with Crippen LogP contribution in [0.3, 0.4) is 0 Å². The number of hydrogen-bond acceptors (Lipinski definition) is 5. The topological polar surface area (TPSA) is 64.6 Å². The van der Waals surface area contributed by atoms with Crippen LogP contribution in [0.4, 0.5) is 5.00 Å². The van der Waals surface area contributed by atoms with E-state index in [0.717, 1.165) is 22.6 Å². The number of aryl methyl sites for hydroxylation is 1. The minimum atomic E-state index is -0.422. The second kappa shape index (κ2) is 9.77. The van der Waals surface area contributed by atoms with Gasteiger partial charge in [-0.05, 0) is 50.1 Å². The van der Waals surface area contributed by atoms with Gasteiger partial charge in [0.15, 0.2) is 0 Å². The molecule has 0 aliphatic rings. The minimum absolute atomic E-state index is 0.293. The average Bonchev–Trinajstić information content (AvgIpc) is 3.04. The Kier molecular flexibility index (Phi) is 7.41. The van der Waals surface area contributed by atoms with Crippen LogP contribution in [0, 0.1) is 0 Å². The molecule has 0 aliphatic carbocycles. The number of hydrogen-bond donors (Lipinski definition) is 1. The lowest BCUT2D eigenvalue weighted by atomic mass is 10.2. The molecule has 26 heavy (non-hydrogen) atoms. The van der Waals surface area contributed by atoms with Crippen LogP contribution in [0.5, 0.6) is 5.75 Å². The van der Waals surface area contributed by atoms with Crippen LogP contribution >= 0.6 is 11.3 Å². The van der Waals surface area contributed by atoms with Crippen molar-refractivity contribution in [3.05, 3.63) is 52.4 Å². The van der Waals surface area contributed by atoms with Crippen LogP contribution in [0.1, 0.15) is 41.6 Å². The Labute approximate surface area is 157 Å². The number of ether oxygens (including phenoxy) is 2. The number of thiophene rings is 1. The standard InChI is InChI=1S/C20H23NO4S/c1-4-16-13-17(20(23)25-6-3)19(26-16)21-18(22)12-9-14-7-10-15(11-8-14)24-5-2/h7-13H,4-6H2,1-3H3,(H,21,22)/b12-9+. The molecule has 0 saturated carbocycles. The van der Waals surface area contributed by atoms with Gasteiger partial charge in [0.2, 0.25) is 5.91 Å². The third-order valence-corrected chi connectivity index (χ3v) is 4.68. The van der Waals surface area contributed by atoms with Crippen LogP contribution in [-0.2, 0) is 16.0 Å². The minimum Gasteiger partial charge on any atom is -0.494 e. The zero-order valence-electron chi connectivity index (χ0n) is 15.2. The molecule has 6 heteroatoms. The smallest absolute Gasteiger partial charge is 0.341 e. The number of carbonyl (C=O) groups excluding carboxylic acids is 2. The number of benzene rings is 1.